The molecule has 10 heteroatoms. The third-order valence-corrected chi connectivity index (χ3v) is 10.5. The van der Waals surface area contributed by atoms with Gasteiger partial charge >= 0.3 is 11.9 Å². The summed E-state index contributed by atoms with van der Waals surface area (Å²) in [6.07, 6.45) is 3.78. The molecule has 1 aliphatic rings. The van der Waals surface area contributed by atoms with Crippen molar-refractivity contribution in [2.45, 2.75) is 78.3 Å². The number of carbonyl (C=O) groups excluding carboxylic acids is 2. The van der Waals surface area contributed by atoms with Gasteiger partial charge in [-0.25, -0.2) is 0 Å². The average Bonchev–Trinajstić information content (AvgIpc) is 3.18. The van der Waals surface area contributed by atoms with E-state index in [4.69, 9.17) is 9.47 Å². The molecule has 1 aliphatic carbocycles. The Hall–Kier alpha value is -5.64. The lowest BCUT2D eigenvalue weighted by Crippen LogP contribution is -2.64. The van der Waals surface area contributed by atoms with Crippen LogP contribution in [0.2, 0.25) is 0 Å². The van der Waals surface area contributed by atoms with Gasteiger partial charge in [0.05, 0.1) is 35.8 Å². The molecule has 0 spiro atoms. The molecule has 0 saturated heterocycles. The van der Waals surface area contributed by atoms with E-state index in [9.17, 15) is 29.4 Å². The molecule has 0 heterocycles. The first-order chi connectivity index (χ1) is 27.1. The molecule has 0 unspecified atom stereocenters. The Labute approximate surface area is 330 Å². The van der Waals surface area contributed by atoms with Crippen LogP contribution < -0.4 is 9.47 Å². The number of hydrogen-bond donors (Lipinski definition) is 2. The molecule has 2 amide bonds. The summed E-state index contributed by atoms with van der Waals surface area (Å²) in [5, 5.41) is 20.9. The summed E-state index contributed by atoms with van der Waals surface area (Å²) in [6, 6.07) is 32.9. The van der Waals surface area contributed by atoms with E-state index in [1.165, 1.54) is 0 Å². The number of rotatable bonds is 20. The van der Waals surface area contributed by atoms with Gasteiger partial charge in [0, 0.05) is 13.1 Å². The highest BCUT2D eigenvalue weighted by Gasteiger charge is 2.65. The fourth-order valence-corrected chi connectivity index (χ4v) is 8.00. The summed E-state index contributed by atoms with van der Waals surface area (Å²) in [4.78, 5) is 58.8. The van der Waals surface area contributed by atoms with Crippen molar-refractivity contribution in [3.63, 3.8) is 0 Å². The van der Waals surface area contributed by atoms with Crippen LogP contribution in [-0.2, 0) is 19.2 Å². The van der Waals surface area contributed by atoms with Gasteiger partial charge in [0.25, 0.3) is 0 Å². The smallest absolute Gasteiger partial charge is 0.308 e. The van der Waals surface area contributed by atoms with Crippen LogP contribution in [-0.4, -0.2) is 56.9 Å². The SMILES string of the molecule is CCC[C@@H](c1ccc(Oc2ccccc2)cc1)N(CCC)C(=O)[C@H]1[C@@H](C(=O)O)[C@H](C(=O)O)[C@@H]1C(=O)N(CCC)[C@@H](CCC)c1ccc(Oc2ccccc2)cc1. The number of carboxylic acid groups (broad SMARTS) is 2. The zero-order valence-corrected chi connectivity index (χ0v) is 32.8. The first kappa shape index (κ1) is 41.5. The first-order valence-corrected chi connectivity index (χ1v) is 19.9. The molecular weight excluding hydrogens is 709 g/mol. The summed E-state index contributed by atoms with van der Waals surface area (Å²) in [5.41, 5.74) is 1.68. The fraction of sp³-hybridized carbons (Fsp3) is 0.391. The van der Waals surface area contributed by atoms with Crippen LogP contribution >= 0.6 is 0 Å². The van der Waals surface area contributed by atoms with Crippen molar-refractivity contribution < 1.29 is 38.9 Å². The number of carboxylic acids is 2. The number of para-hydroxylation sites is 2. The van der Waals surface area contributed by atoms with Crippen molar-refractivity contribution in [2.75, 3.05) is 13.1 Å². The van der Waals surface area contributed by atoms with Gasteiger partial charge in [-0.3, -0.25) is 19.2 Å². The van der Waals surface area contributed by atoms with Crippen LogP contribution in [0.25, 0.3) is 0 Å². The Kier molecular flexibility index (Phi) is 14.7. The largest absolute Gasteiger partial charge is 0.481 e. The molecule has 1 saturated carbocycles. The fourth-order valence-electron chi connectivity index (χ4n) is 8.00. The minimum absolute atomic E-state index is 0.307. The lowest BCUT2D eigenvalue weighted by Gasteiger charge is -2.50. The lowest BCUT2D eigenvalue weighted by atomic mass is 9.55. The molecule has 2 N–H and O–H groups in total. The van der Waals surface area contributed by atoms with Crippen molar-refractivity contribution in [3.05, 3.63) is 120 Å². The Balaban J connectivity index is 1.47. The minimum atomic E-state index is -1.56. The van der Waals surface area contributed by atoms with Gasteiger partial charge in [-0.1, -0.05) is 101 Å². The van der Waals surface area contributed by atoms with Crippen molar-refractivity contribution in [3.8, 4) is 23.0 Å². The molecule has 0 aliphatic heterocycles. The number of hydrogen-bond acceptors (Lipinski definition) is 6. The molecule has 5 rings (SSSR count). The molecule has 10 nitrogen and oxygen atoms in total. The van der Waals surface area contributed by atoms with E-state index >= 15 is 0 Å². The van der Waals surface area contributed by atoms with E-state index in [-0.39, 0.29) is 0 Å². The van der Waals surface area contributed by atoms with Gasteiger partial charge in [-0.15, -0.1) is 0 Å². The molecule has 0 radical (unpaired) electrons. The third kappa shape index (κ3) is 9.59. The zero-order valence-electron chi connectivity index (χ0n) is 32.8. The summed E-state index contributed by atoms with van der Waals surface area (Å²) < 4.78 is 12.0. The highest BCUT2D eigenvalue weighted by Crippen LogP contribution is 2.50. The second-order valence-corrected chi connectivity index (χ2v) is 14.4. The number of amides is 2. The van der Waals surface area contributed by atoms with Gasteiger partial charge in [0.1, 0.15) is 23.0 Å². The highest BCUT2D eigenvalue weighted by atomic mass is 16.5. The molecule has 0 aromatic heterocycles. The van der Waals surface area contributed by atoms with Gasteiger partial charge in [0.2, 0.25) is 11.8 Å². The predicted molar refractivity (Wildman–Crippen MR) is 214 cm³/mol. The van der Waals surface area contributed by atoms with Crippen LogP contribution in [0.1, 0.15) is 89.4 Å². The third-order valence-electron chi connectivity index (χ3n) is 10.5. The van der Waals surface area contributed by atoms with Gasteiger partial charge < -0.3 is 29.5 Å². The maximum atomic E-state index is 14.9. The second-order valence-electron chi connectivity index (χ2n) is 14.4. The Morgan fingerprint density at radius 1 is 0.482 bits per heavy atom. The van der Waals surface area contributed by atoms with E-state index in [0.717, 1.165) is 24.0 Å². The molecule has 4 aromatic carbocycles. The van der Waals surface area contributed by atoms with Gasteiger partial charge in [-0.2, -0.15) is 0 Å². The van der Waals surface area contributed by atoms with Crippen molar-refractivity contribution in [1.82, 2.24) is 9.80 Å². The molecule has 296 valence electrons. The molecule has 6 atom stereocenters. The van der Waals surface area contributed by atoms with Crippen LogP contribution in [0.5, 0.6) is 23.0 Å². The summed E-state index contributed by atoms with van der Waals surface area (Å²) in [7, 11) is 0. The van der Waals surface area contributed by atoms with Crippen LogP contribution in [0.15, 0.2) is 109 Å². The van der Waals surface area contributed by atoms with Crippen molar-refractivity contribution in [2.24, 2.45) is 23.7 Å². The molecule has 4 aromatic rings. The summed E-state index contributed by atoms with van der Waals surface area (Å²) >= 11 is 0. The van der Waals surface area contributed by atoms with E-state index < -0.39 is 59.5 Å². The van der Waals surface area contributed by atoms with Crippen LogP contribution in [0, 0.1) is 23.7 Å². The normalized spacial score (nSPS) is 18.5. The van der Waals surface area contributed by atoms with Gasteiger partial charge in [0.15, 0.2) is 0 Å². The number of nitrogens with zero attached hydrogens (tertiary/aromatic N) is 2. The Bertz CT molecular complexity index is 1750. The number of aliphatic carboxylic acids is 2. The van der Waals surface area contributed by atoms with Crippen molar-refractivity contribution >= 4 is 23.8 Å². The van der Waals surface area contributed by atoms with Gasteiger partial charge in [-0.05, 0) is 85.3 Å². The first-order valence-electron chi connectivity index (χ1n) is 19.9. The number of carbonyl (C=O) groups is 4. The quantitative estimate of drug-likeness (QED) is 0.0909. The molecule has 56 heavy (non-hydrogen) atoms. The van der Waals surface area contributed by atoms with Crippen LogP contribution in [0.4, 0.5) is 0 Å². The van der Waals surface area contributed by atoms with Crippen LogP contribution in [0.3, 0.4) is 0 Å². The molecule has 1 fully saturated rings. The topological polar surface area (TPSA) is 134 Å². The summed E-state index contributed by atoms with van der Waals surface area (Å²) in [5.74, 6) is -7.00. The standard InChI is InChI=1S/C46H54N2O8/c1-5-15-37(31-21-25-35(26-22-31)55-33-17-11-9-12-18-33)47(29-7-3)43(49)39-40(42(46(53)54)41(39)45(51)52)44(50)48(30-8-4)38(16-6-2)32-23-27-36(28-24-32)56-34-19-13-10-14-20-34/h9-14,17-28,37-42H,5-8,15-16,29-30H2,1-4H3,(H,51,52)(H,53,54)/t37-,38-,39+,40+,41+,42+/m0/s1. The van der Waals surface area contributed by atoms with E-state index in [0.29, 0.717) is 61.8 Å². The lowest BCUT2D eigenvalue weighted by molar-refractivity contribution is -0.189. The zero-order chi connectivity index (χ0) is 40.2. The van der Waals surface area contributed by atoms with E-state index in [1.807, 2.05) is 137 Å². The monoisotopic (exact) mass is 762 g/mol. The Morgan fingerprint density at radius 3 is 1.09 bits per heavy atom. The maximum absolute atomic E-state index is 14.9. The predicted octanol–water partition coefficient (Wildman–Crippen LogP) is 9.78. The highest BCUT2D eigenvalue weighted by molar-refractivity contribution is 6.00. The Morgan fingerprint density at radius 2 is 0.804 bits per heavy atom. The second kappa shape index (κ2) is 19.8. The summed E-state index contributed by atoms with van der Waals surface area (Å²) in [6.45, 7) is 8.52. The number of benzene rings is 4. The van der Waals surface area contributed by atoms with Crippen molar-refractivity contribution in [1.29, 1.82) is 0 Å². The molecular formula is C46H54N2O8. The number of ether oxygens (including phenoxy) is 2. The van der Waals surface area contributed by atoms with E-state index in [2.05, 4.69) is 0 Å². The van der Waals surface area contributed by atoms with E-state index in [1.54, 1.807) is 9.80 Å². The molecule has 0 bridgehead atoms. The average molecular weight is 763 g/mol. The minimum Gasteiger partial charge on any atom is -0.481 e. The maximum Gasteiger partial charge on any atom is 0.308 e.